The van der Waals surface area contributed by atoms with E-state index in [0.717, 1.165) is 12.6 Å². The lowest BCUT2D eigenvalue weighted by molar-refractivity contribution is 0.349. The van der Waals surface area contributed by atoms with E-state index in [1.807, 2.05) is 6.92 Å². The quantitative estimate of drug-likeness (QED) is 0.666. The highest BCUT2D eigenvalue weighted by Gasteiger charge is 2.15. The van der Waals surface area contributed by atoms with Gasteiger partial charge in [0.2, 0.25) is 0 Å². The third-order valence-electron chi connectivity index (χ3n) is 1.96. The molecule has 2 heteroatoms. The monoisotopic (exact) mass is 159 g/mol. The van der Waals surface area contributed by atoms with E-state index in [9.17, 15) is 0 Å². The summed E-state index contributed by atoms with van der Waals surface area (Å²) in [5.74, 6) is 0. The molecule has 1 rings (SSSR count). The van der Waals surface area contributed by atoms with E-state index in [4.69, 9.17) is 11.6 Å². The van der Waals surface area contributed by atoms with E-state index >= 15 is 0 Å². The Labute approximate surface area is 67.5 Å². The van der Waals surface area contributed by atoms with E-state index in [0.29, 0.717) is 0 Å². The zero-order chi connectivity index (χ0) is 7.40. The fraction of sp³-hybridized carbons (Fsp3) is 0.750. The van der Waals surface area contributed by atoms with Gasteiger partial charge in [-0.05, 0) is 25.3 Å². The maximum absolute atomic E-state index is 5.49. The summed E-state index contributed by atoms with van der Waals surface area (Å²) >= 11 is 5.49. The summed E-state index contributed by atoms with van der Waals surface area (Å²) in [6, 6.07) is 0.770. The Morgan fingerprint density at radius 1 is 1.70 bits per heavy atom. The van der Waals surface area contributed by atoms with E-state index < -0.39 is 0 Å². The number of rotatable bonds is 3. The first-order chi connectivity index (χ1) is 4.83. The van der Waals surface area contributed by atoms with Crippen LogP contribution in [-0.2, 0) is 0 Å². The Kier molecular flexibility index (Phi) is 3.23. The SMILES string of the molecule is C/C(=C\Cl)CNC1CCC1. The third-order valence-corrected chi connectivity index (χ3v) is 2.33. The zero-order valence-electron chi connectivity index (χ0n) is 6.36. The van der Waals surface area contributed by atoms with Crippen LogP contribution in [-0.4, -0.2) is 12.6 Å². The fourth-order valence-corrected chi connectivity index (χ4v) is 1.03. The number of hydrogen-bond donors (Lipinski definition) is 1. The number of halogens is 1. The standard InChI is InChI=1S/C8H14ClN/c1-7(5-9)6-10-8-3-2-4-8/h5,8,10H,2-4,6H2,1H3/b7-5+. The molecule has 0 aromatic heterocycles. The molecule has 0 aromatic carbocycles. The molecule has 0 heterocycles. The summed E-state index contributed by atoms with van der Waals surface area (Å²) in [6.45, 7) is 2.99. The highest BCUT2D eigenvalue weighted by Crippen LogP contribution is 2.17. The molecular weight excluding hydrogens is 146 g/mol. The summed E-state index contributed by atoms with van der Waals surface area (Å²) in [4.78, 5) is 0. The molecule has 1 N–H and O–H groups in total. The Morgan fingerprint density at radius 2 is 2.40 bits per heavy atom. The normalized spacial score (nSPS) is 20.8. The highest BCUT2D eigenvalue weighted by atomic mass is 35.5. The van der Waals surface area contributed by atoms with Crippen molar-refractivity contribution in [1.82, 2.24) is 5.32 Å². The Bertz CT molecular complexity index is 127. The van der Waals surface area contributed by atoms with Gasteiger partial charge in [-0.2, -0.15) is 0 Å². The molecule has 0 bridgehead atoms. The van der Waals surface area contributed by atoms with Crippen molar-refractivity contribution < 1.29 is 0 Å². The van der Waals surface area contributed by atoms with E-state index in [1.165, 1.54) is 24.8 Å². The average Bonchev–Trinajstić information content (AvgIpc) is 1.84. The maximum Gasteiger partial charge on any atom is 0.0176 e. The maximum atomic E-state index is 5.49. The van der Waals surface area contributed by atoms with Gasteiger partial charge in [0.25, 0.3) is 0 Å². The van der Waals surface area contributed by atoms with Crippen LogP contribution < -0.4 is 5.32 Å². The topological polar surface area (TPSA) is 12.0 Å². The van der Waals surface area contributed by atoms with Crippen LogP contribution in [0, 0.1) is 0 Å². The molecule has 1 saturated carbocycles. The van der Waals surface area contributed by atoms with Gasteiger partial charge in [0, 0.05) is 18.1 Å². The molecule has 0 spiro atoms. The van der Waals surface area contributed by atoms with Crippen molar-refractivity contribution in [2.45, 2.75) is 32.2 Å². The lowest BCUT2D eigenvalue weighted by Gasteiger charge is -2.26. The van der Waals surface area contributed by atoms with Crippen LogP contribution in [0.1, 0.15) is 26.2 Å². The second-order valence-corrected chi connectivity index (χ2v) is 3.18. The van der Waals surface area contributed by atoms with Crippen molar-refractivity contribution in [3.8, 4) is 0 Å². The summed E-state index contributed by atoms with van der Waals surface area (Å²) in [7, 11) is 0. The van der Waals surface area contributed by atoms with Gasteiger partial charge in [-0.3, -0.25) is 0 Å². The molecule has 1 nitrogen and oxygen atoms in total. The lowest BCUT2D eigenvalue weighted by atomic mass is 9.93. The molecule has 1 aliphatic rings. The fourth-order valence-electron chi connectivity index (χ4n) is 0.956. The molecule has 10 heavy (non-hydrogen) atoms. The van der Waals surface area contributed by atoms with Gasteiger partial charge >= 0.3 is 0 Å². The minimum atomic E-state index is 0.770. The molecule has 0 radical (unpaired) electrons. The molecule has 0 saturated heterocycles. The summed E-state index contributed by atoms with van der Waals surface area (Å²) < 4.78 is 0. The Morgan fingerprint density at radius 3 is 2.80 bits per heavy atom. The number of nitrogens with one attached hydrogen (secondary N) is 1. The minimum Gasteiger partial charge on any atom is -0.310 e. The second-order valence-electron chi connectivity index (χ2n) is 2.96. The summed E-state index contributed by atoms with van der Waals surface area (Å²) in [5.41, 5.74) is 2.86. The van der Waals surface area contributed by atoms with Gasteiger partial charge in [0.15, 0.2) is 0 Å². The van der Waals surface area contributed by atoms with Crippen molar-refractivity contribution in [3.63, 3.8) is 0 Å². The molecule has 0 atom stereocenters. The van der Waals surface area contributed by atoms with Crippen LogP contribution >= 0.6 is 11.6 Å². The minimum absolute atomic E-state index is 0.770. The van der Waals surface area contributed by atoms with Crippen LogP contribution in [0.3, 0.4) is 0 Å². The van der Waals surface area contributed by atoms with E-state index in [1.54, 1.807) is 5.54 Å². The van der Waals surface area contributed by atoms with Gasteiger partial charge < -0.3 is 5.32 Å². The third kappa shape index (κ3) is 2.31. The molecule has 1 fully saturated rings. The van der Waals surface area contributed by atoms with E-state index in [-0.39, 0.29) is 0 Å². The molecule has 58 valence electrons. The molecule has 0 amide bonds. The van der Waals surface area contributed by atoms with Gasteiger partial charge in [0.05, 0.1) is 0 Å². The van der Waals surface area contributed by atoms with Crippen LogP contribution in [0.15, 0.2) is 11.1 Å². The molecule has 0 unspecified atom stereocenters. The van der Waals surface area contributed by atoms with Crippen molar-refractivity contribution in [2.24, 2.45) is 0 Å². The zero-order valence-corrected chi connectivity index (χ0v) is 7.12. The highest BCUT2D eigenvalue weighted by molar-refractivity contribution is 6.25. The predicted octanol–water partition coefficient (Wildman–Crippen LogP) is 2.27. The smallest absolute Gasteiger partial charge is 0.0176 e. The first-order valence-corrected chi connectivity index (χ1v) is 4.26. The first-order valence-electron chi connectivity index (χ1n) is 3.82. The largest absolute Gasteiger partial charge is 0.310 e. The summed E-state index contributed by atoms with van der Waals surface area (Å²) in [5, 5.41) is 3.42. The van der Waals surface area contributed by atoms with Crippen LogP contribution in [0.2, 0.25) is 0 Å². The Balaban J connectivity index is 2.04. The van der Waals surface area contributed by atoms with Crippen LogP contribution in [0.5, 0.6) is 0 Å². The summed E-state index contributed by atoms with van der Waals surface area (Å²) in [6.07, 6.45) is 4.08. The molecule has 0 aliphatic heterocycles. The van der Waals surface area contributed by atoms with Crippen molar-refractivity contribution in [1.29, 1.82) is 0 Å². The molecule has 1 aliphatic carbocycles. The lowest BCUT2D eigenvalue weighted by Crippen LogP contribution is -2.35. The molecule has 0 aromatic rings. The second kappa shape index (κ2) is 3.99. The van der Waals surface area contributed by atoms with Gasteiger partial charge in [-0.1, -0.05) is 18.0 Å². The van der Waals surface area contributed by atoms with E-state index in [2.05, 4.69) is 5.32 Å². The first kappa shape index (κ1) is 8.09. The Hall–Kier alpha value is -0.0100. The van der Waals surface area contributed by atoms with Crippen LogP contribution in [0.25, 0.3) is 0 Å². The number of hydrogen-bond acceptors (Lipinski definition) is 1. The van der Waals surface area contributed by atoms with Crippen molar-refractivity contribution >= 4 is 11.6 Å². The van der Waals surface area contributed by atoms with Crippen molar-refractivity contribution in [3.05, 3.63) is 11.1 Å². The van der Waals surface area contributed by atoms with Gasteiger partial charge in [0.1, 0.15) is 0 Å². The average molecular weight is 160 g/mol. The predicted molar refractivity (Wildman–Crippen MR) is 45.3 cm³/mol. The van der Waals surface area contributed by atoms with Crippen molar-refractivity contribution in [2.75, 3.05) is 6.54 Å². The van der Waals surface area contributed by atoms with Gasteiger partial charge in [-0.15, -0.1) is 0 Å². The van der Waals surface area contributed by atoms with Gasteiger partial charge in [-0.25, -0.2) is 0 Å². The molecular formula is C8H14ClN. The van der Waals surface area contributed by atoms with Crippen LogP contribution in [0.4, 0.5) is 0 Å².